The molecule has 1 aliphatic rings. The second kappa shape index (κ2) is 10.8. The zero-order chi connectivity index (χ0) is 26.9. The van der Waals surface area contributed by atoms with E-state index >= 15 is 0 Å². The third-order valence-corrected chi connectivity index (χ3v) is 7.58. The van der Waals surface area contributed by atoms with Crippen molar-refractivity contribution in [3.05, 3.63) is 82.6 Å². The third kappa shape index (κ3) is 5.26. The number of fused-ring (bicyclic) bond motifs is 1. The van der Waals surface area contributed by atoms with E-state index in [-0.39, 0.29) is 0 Å². The van der Waals surface area contributed by atoms with Gasteiger partial charge in [0.15, 0.2) is 17.5 Å². The predicted molar refractivity (Wildman–Crippen MR) is 148 cm³/mol. The monoisotopic (exact) mass is 547 g/mol. The lowest BCUT2D eigenvalue weighted by Crippen LogP contribution is -2.09. The van der Waals surface area contributed by atoms with Gasteiger partial charge in [0, 0.05) is 35.7 Å². The van der Waals surface area contributed by atoms with E-state index in [1.807, 2.05) is 41.8 Å². The number of imidazole rings is 1. The number of aryl methyl sites for hydroxylation is 1. The van der Waals surface area contributed by atoms with Crippen LogP contribution in [0.2, 0.25) is 5.02 Å². The lowest BCUT2D eigenvalue weighted by atomic mass is 10.1. The van der Waals surface area contributed by atoms with Crippen LogP contribution in [0, 0.1) is 17.6 Å². The van der Waals surface area contributed by atoms with E-state index in [0.29, 0.717) is 52.5 Å². The summed E-state index contributed by atoms with van der Waals surface area (Å²) in [5.74, 6) is 1.28. The molecular weight excluding hydrogens is 520 g/mol. The zero-order valence-corrected chi connectivity index (χ0v) is 22.3. The summed E-state index contributed by atoms with van der Waals surface area (Å²) in [6.07, 6.45) is 5.51. The van der Waals surface area contributed by atoms with Crippen molar-refractivity contribution in [2.75, 3.05) is 6.61 Å². The fraction of sp³-hybridized carbons (Fsp3) is 0.300. The van der Waals surface area contributed by atoms with Crippen molar-refractivity contribution in [2.24, 2.45) is 5.92 Å². The highest BCUT2D eigenvalue weighted by atomic mass is 35.5. The largest absolute Gasteiger partial charge is 0.492 e. The van der Waals surface area contributed by atoms with Gasteiger partial charge in [-0.3, -0.25) is 5.10 Å². The molecule has 200 valence electrons. The molecule has 1 saturated carbocycles. The van der Waals surface area contributed by atoms with E-state index in [0.717, 1.165) is 47.8 Å². The number of rotatable bonds is 8. The molecule has 0 aliphatic heterocycles. The smallest absolute Gasteiger partial charge is 0.181 e. The first-order valence-electron chi connectivity index (χ1n) is 13.3. The molecule has 5 aromatic rings. The Morgan fingerprint density at radius 2 is 1.77 bits per heavy atom. The normalized spacial score (nSPS) is 13.9. The van der Waals surface area contributed by atoms with Gasteiger partial charge in [-0.25, -0.2) is 18.7 Å². The van der Waals surface area contributed by atoms with E-state index < -0.39 is 11.6 Å². The molecule has 0 spiro atoms. The summed E-state index contributed by atoms with van der Waals surface area (Å²) in [6.45, 7) is 3.00. The average Bonchev–Trinajstić information content (AvgIpc) is 3.70. The first-order chi connectivity index (χ1) is 19.0. The molecule has 39 heavy (non-hydrogen) atoms. The Morgan fingerprint density at radius 1 is 1.00 bits per heavy atom. The van der Waals surface area contributed by atoms with Gasteiger partial charge in [0.05, 0.1) is 23.2 Å². The fourth-order valence-corrected chi connectivity index (χ4v) is 5.36. The van der Waals surface area contributed by atoms with Crippen LogP contribution >= 0.6 is 11.6 Å². The topological polar surface area (TPSA) is 68.6 Å². The summed E-state index contributed by atoms with van der Waals surface area (Å²) < 4.78 is 36.8. The van der Waals surface area contributed by atoms with Crippen LogP contribution in [0.25, 0.3) is 33.8 Å². The van der Waals surface area contributed by atoms with Crippen LogP contribution < -0.4 is 4.74 Å². The van der Waals surface area contributed by atoms with Gasteiger partial charge in [0.2, 0.25) is 0 Å². The number of hydrogen-bond acceptors (Lipinski definition) is 4. The van der Waals surface area contributed by atoms with Crippen LogP contribution in [-0.4, -0.2) is 31.3 Å². The summed E-state index contributed by atoms with van der Waals surface area (Å²) in [4.78, 5) is 9.23. The highest BCUT2D eigenvalue weighted by Gasteiger charge is 2.21. The number of nitrogens with one attached hydrogen (secondary N) is 1. The fourth-order valence-electron chi connectivity index (χ4n) is 5.20. The van der Waals surface area contributed by atoms with E-state index in [2.05, 4.69) is 15.2 Å². The number of H-pyrrole nitrogens is 1. The lowest BCUT2D eigenvalue weighted by molar-refractivity contribution is 0.253. The maximum atomic E-state index is 14.4. The number of nitrogens with zero attached hydrogens (tertiary/aromatic N) is 4. The summed E-state index contributed by atoms with van der Waals surface area (Å²) in [5, 5.41) is 7.77. The minimum Gasteiger partial charge on any atom is -0.492 e. The molecule has 2 aromatic heterocycles. The number of aromatic amines is 1. The Balaban J connectivity index is 1.39. The highest BCUT2D eigenvalue weighted by molar-refractivity contribution is 6.30. The van der Waals surface area contributed by atoms with Gasteiger partial charge in [0.25, 0.3) is 0 Å². The Kier molecular flexibility index (Phi) is 7.04. The van der Waals surface area contributed by atoms with Crippen molar-refractivity contribution in [2.45, 2.75) is 45.6 Å². The van der Waals surface area contributed by atoms with E-state index in [9.17, 15) is 8.78 Å². The summed E-state index contributed by atoms with van der Waals surface area (Å²) in [6, 6.07) is 15.6. The third-order valence-electron chi connectivity index (χ3n) is 7.34. The van der Waals surface area contributed by atoms with Gasteiger partial charge in [-0.15, -0.1) is 0 Å². The number of halogens is 3. The second-order valence-electron chi connectivity index (χ2n) is 10.0. The molecule has 1 N–H and O–H groups in total. The van der Waals surface area contributed by atoms with E-state index in [4.69, 9.17) is 21.3 Å². The summed E-state index contributed by atoms with van der Waals surface area (Å²) in [7, 11) is 0. The Morgan fingerprint density at radius 3 is 2.51 bits per heavy atom. The summed E-state index contributed by atoms with van der Waals surface area (Å²) in [5.41, 5.74) is 3.42. The molecule has 6 rings (SSSR count). The molecular formula is C30H28ClF2N5O. The maximum absolute atomic E-state index is 14.4. The second-order valence-corrected chi connectivity index (χ2v) is 10.5. The lowest BCUT2D eigenvalue weighted by Gasteiger charge is -2.16. The minimum absolute atomic E-state index is 0.366. The molecule has 2 heterocycles. The Hall–Kier alpha value is -3.78. The van der Waals surface area contributed by atoms with Gasteiger partial charge in [-0.05, 0) is 42.5 Å². The van der Waals surface area contributed by atoms with Crippen molar-refractivity contribution in [1.82, 2.24) is 24.7 Å². The van der Waals surface area contributed by atoms with Crippen molar-refractivity contribution in [1.29, 1.82) is 0 Å². The first-order valence-corrected chi connectivity index (χ1v) is 13.6. The molecule has 0 radical (unpaired) electrons. The van der Waals surface area contributed by atoms with Crippen molar-refractivity contribution < 1.29 is 13.5 Å². The molecule has 0 saturated heterocycles. The van der Waals surface area contributed by atoms with Gasteiger partial charge in [-0.2, -0.15) is 5.10 Å². The molecule has 0 amide bonds. The molecule has 0 atom stereocenters. The molecule has 6 nitrogen and oxygen atoms in total. The van der Waals surface area contributed by atoms with Crippen LogP contribution in [0.5, 0.6) is 5.75 Å². The van der Waals surface area contributed by atoms with Gasteiger partial charge >= 0.3 is 0 Å². The van der Waals surface area contributed by atoms with Crippen molar-refractivity contribution in [3.63, 3.8) is 0 Å². The molecule has 0 bridgehead atoms. The van der Waals surface area contributed by atoms with Gasteiger partial charge in [-0.1, -0.05) is 55.6 Å². The van der Waals surface area contributed by atoms with Crippen LogP contribution in [-0.2, 0) is 13.0 Å². The van der Waals surface area contributed by atoms with Crippen LogP contribution in [0.4, 0.5) is 8.78 Å². The van der Waals surface area contributed by atoms with E-state index in [1.165, 1.54) is 18.9 Å². The molecule has 1 aliphatic carbocycles. The van der Waals surface area contributed by atoms with Crippen LogP contribution in [0.15, 0.2) is 54.6 Å². The van der Waals surface area contributed by atoms with Crippen LogP contribution in [0.1, 0.15) is 44.0 Å². The van der Waals surface area contributed by atoms with Crippen LogP contribution in [0.3, 0.4) is 0 Å². The zero-order valence-electron chi connectivity index (χ0n) is 21.6. The number of aromatic nitrogens is 5. The number of ether oxygens (including phenoxy) is 1. The SMILES string of the molecule is CCc1nc(-c2ccc(Cn3c(-c4ccc(Cl)cc4OCC4CCCC4)nc4cc(F)c(F)cc43)cc2)n[nH]1. The van der Waals surface area contributed by atoms with Crippen molar-refractivity contribution in [3.8, 4) is 28.5 Å². The number of benzene rings is 3. The summed E-state index contributed by atoms with van der Waals surface area (Å²) >= 11 is 6.35. The minimum atomic E-state index is -0.935. The molecule has 0 unspecified atom stereocenters. The highest BCUT2D eigenvalue weighted by Crippen LogP contribution is 2.36. The average molecular weight is 548 g/mol. The first kappa shape index (κ1) is 25.5. The Labute approximate surface area is 230 Å². The van der Waals surface area contributed by atoms with Gasteiger partial charge < -0.3 is 9.30 Å². The molecule has 1 fully saturated rings. The predicted octanol–water partition coefficient (Wildman–Crippen LogP) is 7.60. The maximum Gasteiger partial charge on any atom is 0.181 e. The van der Waals surface area contributed by atoms with Gasteiger partial charge in [0.1, 0.15) is 17.4 Å². The Bertz CT molecular complexity index is 1620. The molecule has 3 aromatic carbocycles. The molecule has 9 heteroatoms. The van der Waals surface area contributed by atoms with Crippen molar-refractivity contribution >= 4 is 22.6 Å². The number of hydrogen-bond donors (Lipinski definition) is 1. The quantitative estimate of drug-likeness (QED) is 0.217. The van der Waals surface area contributed by atoms with E-state index in [1.54, 1.807) is 12.1 Å². The standard InChI is InChI=1S/C30H28ClF2N5O/c1-2-28-35-29(37-36-28)20-9-7-18(8-10-20)16-38-26-15-24(33)23(32)14-25(26)34-30(38)22-12-11-21(31)13-27(22)39-17-19-5-3-4-6-19/h7-15,19H,2-6,16-17H2,1H3,(H,35,36,37).